The molecule has 2 aliphatic rings. The van der Waals surface area contributed by atoms with Crippen LogP contribution in [0.1, 0.15) is 25.3 Å². The number of hydrogen-bond donors (Lipinski definition) is 1. The van der Waals surface area contributed by atoms with Crippen LogP contribution in [-0.2, 0) is 11.2 Å². The van der Waals surface area contributed by atoms with E-state index in [-0.39, 0.29) is 5.91 Å². The summed E-state index contributed by atoms with van der Waals surface area (Å²) in [6.45, 7) is 8.56. The van der Waals surface area contributed by atoms with Gasteiger partial charge in [0.15, 0.2) is 0 Å². The Kier molecular flexibility index (Phi) is 6.74. The molecule has 0 radical (unpaired) electrons. The van der Waals surface area contributed by atoms with Crippen LogP contribution in [0.5, 0.6) is 11.5 Å². The molecule has 0 unspecified atom stereocenters. The number of hydrogen-bond acceptors (Lipinski definition) is 5. The second-order valence-corrected chi connectivity index (χ2v) is 7.76. The van der Waals surface area contributed by atoms with Crippen molar-refractivity contribution >= 4 is 17.3 Å². The molecule has 0 spiro atoms. The zero-order chi connectivity index (χ0) is 20.8. The maximum absolute atomic E-state index is 11.6. The van der Waals surface area contributed by atoms with Gasteiger partial charge in [0.2, 0.25) is 5.91 Å². The Bertz CT molecular complexity index is 863. The molecule has 0 saturated carbocycles. The lowest BCUT2D eigenvalue weighted by Gasteiger charge is -2.36. The lowest BCUT2D eigenvalue weighted by Crippen LogP contribution is -2.46. The van der Waals surface area contributed by atoms with Crippen molar-refractivity contribution in [2.45, 2.75) is 26.2 Å². The molecule has 160 valence electrons. The van der Waals surface area contributed by atoms with E-state index in [0.29, 0.717) is 19.6 Å². The fourth-order valence-corrected chi connectivity index (χ4v) is 4.21. The average molecular weight is 410 g/mol. The smallest absolute Gasteiger partial charge is 0.224 e. The number of carbonyl (C=O) groups excluding carboxylic acids is 1. The van der Waals surface area contributed by atoms with Gasteiger partial charge < -0.3 is 19.7 Å². The van der Waals surface area contributed by atoms with Gasteiger partial charge in [-0.05, 0) is 44.0 Å². The Balaban J connectivity index is 1.22. The van der Waals surface area contributed by atoms with Crippen molar-refractivity contribution in [2.24, 2.45) is 0 Å². The van der Waals surface area contributed by atoms with Crippen molar-refractivity contribution in [3.05, 3.63) is 48.0 Å². The van der Waals surface area contributed by atoms with Gasteiger partial charge in [-0.1, -0.05) is 18.2 Å². The fourth-order valence-electron chi connectivity index (χ4n) is 4.21. The minimum Gasteiger partial charge on any atom is -0.493 e. The number of fused-ring (bicyclic) bond motifs is 1. The number of nitrogens with one attached hydrogen (secondary N) is 1. The highest BCUT2D eigenvalue weighted by Crippen LogP contribution is 2.31. The van der Waals surface area contributed by atoms with Crippen molar-refractivity contribution in [3.63, 3.8) is 0 Å². The molecule has 4 rings (SSSR count). The summed E-state index contributed by atoms with van der Waals surface area (Å²) < 4.78 is 11.8. The zero-order valence-corrected chi connectivity index (χ0v) is 17.7. The highest BCUT2D eigenvalue weighted by molar-refractivity contribution is 5.94. The van der Waals surface area contributed by atoms with Gasteiger partial charge in [0.1, 0.15) is 11.5 Å². The van der Waals surface area contributed by atoms with E-state index < -0.39 is 0 Å². The lowest BCUT2D eigenvalue weighted by atomic mass is 10.0. The van der Waals surface area contributed by atoms with Crippen LogP contribution in [0, 0.1) is 0 Å². The topological polar surface area (TPSA) is 54.0 Å². The molecule has 2 heterocycles. The molecular formula is C24H31N3O3. The summed E-state index contributed by atoms with van der Waals surface area (Å²) in [5, 5.41) is 2.93. The van der Waals surface area contributed by atoms with Crippen molar-refractivity contribution in [1.82, 2.24) is 4.90 Å². The summed E-state index contributed by atoms with van der Waals surface area (Å²) in [6, 6.07) is 14.2. The van der Waals surface area contributed by atoms with Gasteiger partial charge in [-0.3, -0.25) is 9.69 Å². The number of ether oxygens (including phenoxy) is 2. The Morgan fingerprint density at radius 1 is 0.933 bits per heavy atom. The largest absolute Gasteiger partial charge is 0.493 e. The zero-order valence-electron chi connectivity index (χ0n) is 17.7. The van der Waals surface area contributed by atoms with Crippen LogP contribution < -0.4 is 19.7 Å². The van der Waals surface area contributed by atoms with Crippen molar-refractivity contribution in [2.75, 3.05) is 56.2 Å². The van der Waals surface area contributed by atoms with Gasteiger partial charge in [-0.2, -0.15) is 0 Å². The van der Waals surface area contributed by atoms with Gasteiger partial charge >= 0.3 is 0 Å². The molecule has 0 bridgehead atoms. The SMILES string of the molecule is CCOc1ccccc1N1CCN(CCCOc2cccc3c2CCC(=O)N3)CC1. The standard InChI is InChI=1S/C24H31N3O3/c1-2-29-23-9-4-3-8-21(23)27-16-14-26(15-17-27)13-6-18-30-22-10-5-7-20-19(22)11-12-24(28)25-20/h3-5,7-10H,2,6,11-18H2,1H3,(H,25,28). The van der Waals surface area contributed by atoms with Gasteiger partial charge in [-0.25, -0.2) is 0 Å². The van der Waals surface area contributed by atoms with E-state index in [9.17, 15) is 4.79 Å². The summed E-state index contributed by atoms with van der Waals surface area (Å²) in [5.41, 5.74) is 3.22. The number of para-hydroxylation sites is 2. The van der Waals surface area contributed by atoms with E-state index in [1.54, 1.807) is 0 Å². The maximum atomic E-state index is 11.6. The number of benzene rings is 2. The highest BCUT2D eigenvalue weighted by atomic mass is 16.5. The summed E-state index contributed by atoms with van der Waals surface area (Å²) in [4.78, 5) is 16.5. The van der Waals surface area contributed by atoms with Crippen LogP contribution in [0.25, 0.3) is 0 Å². The quantitative estimate of drug-likeness (QED) is 0.676. The highest BCUT2D eigenvalue weighted by Gasteiger charge is 2.20. The first kappa shape index (κ1) is 20.5. The third-order valence-corrected chi connectivity index (χ3v) is 5.76. The van der Waals surface area contributed by atoms with Crippen molar-refractivity contribution in [1.29, 1.82) is 0 Å². The van der Waals surface area contributed by atoms with E-state index in [1.807, 2.05) is 31.2 Å². The first-order chi connectivity index (χ1) is 14.7. The third-order valence-electron chi connectivity index (χ3n) is 5.76. The van der Waals surface area contributed by atoms with Gasteiger partial charge in [0.25, 0.3) is 0 Å². The van der Waals surface area contributed by atoms with Crippen LogP contribution >= 0.6 is 0 Å². The summed E-state index contributed by atoms with van der Waals surface area (Å²) in [6.07, 6.45) is 2.28. The van der Waals surface area contributed by atoms with Gasteiger partial charge in [0.05, 0.1) is 18.9 Å². The number of piperazine rings is 1. The summed E-state index contributed by atoms with van der Waals surface area (Å²) >= 11 is 0. The number of amides is 1. The van der Waals surface area contributed by atoms with Crippen LogP contribution in [0.15, 0.2) is 42.5 Å². The second-order valence-electron chi connectivity index (χ2n) is 7.76. The molecule has 6 heteroatoms. The Hall–Kier alpha value is -2.73. The molecule has 1 amide bonds. The lowest BCUT2D eigenvalue weighted by molar-refractivity contribution is -0.116. The van der Waals surface area contributed by atoms with E-state index in [1.165, 1.54) is 5.69 Å². The minimum atomic E-state index is 0.0858. The number of nitrogens with zero attached hydrogens (tertiary/aromatic N) is 2. The predicted molar refractivity (Wildman–Crippen MR) is 120 cm³/mol. The molecule has 0 aromatic heterocycles. The van der Waals surface area contributed by atoms with E-state index in [2.05, 4.69) is 33.3 Å². The first-order valence-electron chi connectivity index (χ1n) is 11.0. The number of carbonyl (C=O) groups is 1. The van der Waals surface area contributed by atoms with Crippen molar-refractivity contribution in [3.8, 4) is 11.5 Å². The van der Waals surface area contributed by atoms with Crippen molar-refractivity contribution < 1.29 is 14.3 Å². The molecule has 1 saturated heterocycles. The predicted octanol–water partition coefficient (Wildman–Crippen LogP) is 3.56. The van der Waals surface area contributed by atoms with Crippen LogP contribution in [-0.4, -0.2) is 56.7 Å². The Morgan fingerprint density at radius 2 is 1.73 bits per heavy atom. The average Bonchev–Trinajstić information content (AvgIpc) is 2.77. The van der Waals surface area contributed by atoms with E-state index in [4.69, 9.17) is 9.47 Å². The summed E-state index contributed by atoms with van der Waals surface area (Å²) in [7, 11) is 0. The molecule has 6 nitrogen and oxygen atoms in total. The molecule has 0 aliphatic carbocycles. The molecule has 2 aliphatic heterocycles. The Labute approximate surface area is 178 Å². The first-order valence-corrected chi connectivity index (χ1v) is 11.0. The number of rotatable bonds is 8. The van der Waals surface area contributed by atoms with Gasteiger partial charge in [0, 0.05) is 50.4 Å². The molecule has 0 atom stereocenters. The molecule has 2 aromatic carbocycles. The molecular weight excluding hydrogens is 378 g/mol. The molecule has 2 aromatic rings. The summed E-state index contributed by atoms with van der Waals surface area (Å²) in [5.74, 6) is 1.97. The van der Waals surface area contributed by atoms with Crippen LogP contribution in [0.2, 0.25) is 0 Å². The monoisotopic (exact) mass is 409 g/mol. The van der Waals surface area contributed by atoms with Crippen LogP contribution in [0.4, 0.5) is 11.4 Å². The van der Waals surface area contributed by atoms with E-state index in [0.717, 1.165) is 68.3 Å². The normalized spacial score (nSPS) is 16.7. The fraction of sp³-hybridized carbons (Fsp3) is 0.458. The molecule has 30 heavy (non-hydrogen) atoms. The minimum absolute atomic E-state index is 0.0858. The maximum Gasteiger partial charge on any atom is 0.224 e. The number of anilines is 2. The molecule has 1 fully saturated rings. The van der Waals surface area contributed by atoms with E-state index >= 15 is 0 Å². The van der Waals surface area contributed by atoms with Crippen LogP contribution in [0.3, 0.4) is 0 Å². The molecule has 1 N–H and O–H groups in total. The third kappa shape index (κ3) is 4.87. The van der Waals surface area contributed by atoms with Gasteiger partial charge in [-0.15, -0.1) is 0 Å². The second kappa shape index (κ2) is 9.85. The Morgan fingerprint density at radius 3 is 2.57 bits per heavy atom.